The number of nitrogens with zero attached hydrogens (tertiary/aromatic N) is 7. The molecule has 10 aromatic carbocycles. The first-order valence-electron chi connectivity index (χ1n) is 24.3. The van der Waals surface area contributed by atoms with E-state index in [2.05, 4.69) is 106 Å². The first-order chi connectivity index (χ1) is 36.6. The summed E-state index contributed by atoms with van der Waals surface area (Å²) < 4.78 is 17.6. The second kappa shape index (κ2) is 16.0. The second-order valence-corrected chi connectivity index (χ2v) is 18.5. The lowest BCUT2D eigenvalue weighted by atomic mass is 9.96. The molecule has 0 aliphatic heterocycles. The molecule has 5 heterocycles. The minimum Gasteiger partial charge on any atom is -0.455 e. The lowest BCUT2D eigenvalue weighted by Gasteiger charge is -2.17. The third kappa shape index (κ3) is 6.05. The summed E-state index contributed by atoms with van der Waals surface area (Å²) in [5.41, 5.74) is 13.5. The van der Waals surface area contributed by atoms with E-state index in [1.165, 1.54) is 0 Å². The molecule has 0 aliphatic rings. The van der Waals surface area contributed by atoms with E-state index in [4.69, 9.17) is 23.8 Å². The van der Waals surface area contributed by atoms with Crippen LogP contribution in [0.3, 0.4) is 0 Å². The number of rotatable bonds is 6. The number of hydrogen-bond acceptors (Lipinski definition) is 7. The van der Waals surface area contributed by atoms with Gasteiger partial charge in [0.2, 0.25) is 0 Å². The third-order valence-corrected chi connectivity index (χ3v) is 14.5. The van der Waals surface area contributed by atoms with Crippen LogP contribution >= 0.6 is 0 Å². The van der Waals surface area contributed by atoms with Crippen molar-refractivity contribution >= 4 is 87.5 Å². The summed E-state index contributed by atoms with van der Waals surface area (Å²) >= 11 is 0. The van der Waals surface area contributed by atoms with Crippen molar-refractivity contribution in [3.63, 3.8) is 0 Å². The van der Waals surface area contributed by atoms with Gasteiger partial charge in [-0.3, -0.25) is 0 Å². The Balaban J connectivity index is 0.927. The highest BCUT2D eigenvalue weighted by Gasteiger charge is 2.24. The van der Waals surface area contributed by atoms with E-state index in [-0.39, 0.29) is 0 Å². The standard InChI is InChI=1S/C65H35N7O2/c66-36-41-16-4-5-17-43(41)50-35-40(27-31-54(50)72-53-23-11-7-21-49(53)60-56(72)33-29-47-45-19-9-13-25-58(45)74-62(47)60)65-69-63(38-14-2-1-3-15-38)68-64(70-65)39-26-30-51(42(34-39)37-67)71-52-22-10-6-20-48(52)59-55(71)32-28-46-44-18-8-12-24-57(44)73-61(46)59/h1-35H. The largest absolute Gasteiger partial charge is 0.455 e. The molecule has 9 nitrogen and oxygen atoms in total. The monoisotopic (exact) mass is 945 g/mol. The maximum absolute atomic E-state index is 11.0. The summed E-state index contributed by atoms with van der Waals surface area (Å²) in [6.07, 6.45) is 0. The van der Waals surface area contributed by atoms with Crippen molar-refractivity contribution in [1.82, 2.24) is 24.1 Å². The number of hydrogen-bond donors (Lipinski definition) is 0. The van der Waals surface area contributed by atoms with Gasteiger partial charge in [-0.15, -0.1) is 0 Å². The summed E-state index contributed by atoms with van der Waals surface area (Å²) in [7, 11) is 0. The molecule has 0 saturated carbocycles. The fourth-order valence-corrected chi connectivity index (χ4v) is 11.2. The summed E-state index contributed by atoms with van der Waals surface area (Å²) in [5.74, 6) is 1.32. The molecule has 0 aliphatic carbocycles. The van der Waals surface area contributed by atoms with Crippen LogP contribution in [0.2, 0.25) is 0 Å². The zero-order chi connectivity index (χ0) is 49.0. The van der Waals surface area contributed by atoms with Crippen molar-refractivity contribution < 1.29 is 8.83 Å². The Morgan fingerprint density at radius 2 is 0.811 bits per heavy atom. The predicted octanol–water partition coefficient (Wildman–Crippen LogP) is 16.3. The van der Waals surface area contributed by atoms with Crippen LogP contribution in [0.4, 0.5) is 0 Å². The van der Waals surface area contributed by atoms with Crippen molar-refractivity contribution in [2.24, 2.45) is 0 Å². The SMILES string of the molecule is N#Cc1ccccc1-c1cc(-c2nc(-c3ccccc3)nc(-c3ccc(-n4c5ccccc5c5c6oc7ccccc7c6ccc54)c(C#N)c3)n2)ccc1-n1c2ccccc2c2c3oc4ccccc4c3ccc21. The topological polar surface area (TPSA) is 122 Å². The lowest BCUT2D eigenvalue weighted by Crippen LogP contribution is -2.03. The average Bonchev–Trinajstić information content (AvgIpc) is 4.23. The molecular formula is C65H35N7O2. The predicted molar refractivity (Wildman–Crippen MR) is 294 cm³/mol. The molecule has 74 heavy (non-hydrogen) atoms. The van der Waals surface area contributed by atoms with Crippen molar-refractivity contribution in [3.8, 4) is 68.8 Å². The summed E-state index contributed by atoms with van der Waals surface area (Å²) in [4.78, 5) is 15.5. The van der Waals surface area contributed by atoms with Crippen molar-refractivity contribution in [2.75, 3.05) is 0 Å². The Morgan fingerprint density at radius 3 is 1.41 bits per heavy atom. The van der Waals surface area contributed by atoms with E-state index < -0.39 is 0 Å². The van der Waals surface area contributed by atoms with Crippen LogP contribution in [0.5, 0.6) is 0 Å². The molecule has 0 radical (unpaired) electrons. The van der Waals surface area contributed by atoms with Crippen molar-refractivity contribution in [3.05, 3.63) is 223 Å². The molecule has 9 heteroatoms. The molecule has 5 aromatic heterocycles. The highest BCUT2D eigenvalue weighted by atomic mass is 16.3. The van der Waals surface area contributed by atoms with Crippen LogP contribution in [0, 0.1) is 22.7 Å². The Hall–Kier alpha value is -10.6. The van der Waals surface area contributed by atoms with Gasteiger partial charge in [0.05, 0.1) is 61.4 Å². The van der Waals surface area contributed by atoms with Crippen LogP contribution in [0.15, 0.2) is 221 Å². The van der Waals surface area contributed by atoms with Gasteiger partial charge in [0.1, 0.15) is 28.4 Å². The quantitative estimate of drug-likeness (QED) is 0.163. The third-order valence-electron chi connectivity index (χ3n) is 14.5. The zero-order valence-corrected chi connectivity index (χ0v) is 39.2. The highest BCUT2D eigenvalue weighted by Crippen LogP contribution is 2.45. The van der Waals surface area contributed by atoms with Gasteiger partial charge in [0.25, 0.3) is 0 Å². The summed E-state index contributed by atoms with van der Waals surface area (Å²) in [5, 5.41) is 29.9. The molecule has 0 amide bonds. The highest BCUT2D eigenvalue weighted by molar-refractivity contribution is 6.25. The van der Waals surface area contributed by atoms with Gasteiger partial charge in [0, 0.05) is 60.1 Å². The summed E-state index contributed by atoms with van der Waals surface area (Å²) in [6, 6.07) is 75.9. The average molecular weight is 946 g/mol. The zero-order valence-electron chi connectivity index (χ0n) is 39.2. The fraction of sp³-hybridized carbons (Fsp3) is 0. The van der Waals surface area contributed by atoms with Crippen LogP contribution in [0.25, 0.3) is 144 Å². The number of furan rings is 2. The van der Waals surface area contributed by atoms with Gasteiger partial charge in [0.15, 0.2) is 17.5 Å². The van der Waals surface area contributed by atoms with Gasteiger partial charge in [-0.05, 0) is 91.0 Å². The molecule has 0 spiro atoms. The minimum absolute atomic E-state index is 0.406. The van der Waals surface area contributed by atoms with Gasteiger partial charge in [-0.25, -0.2) is 15.0 Å². The Labute approximate surface area is 421 Å². The van der Waals surface area contributed by atoms with Gasteiger partial charge >= 0.3 is 0 Å². The molecule has 0 unspecified atom stereocenters. The molecule has 15 rings (SSSR count). The minimum atomic E-state index is 0.406. The van der Waals surface area contributed by atoms with E-state index >= 15 is 0 Å². The molecule has 0 atom stereocenters. The van der Waals surface area contributed by atoms with Crippen molar-refractivity contribution in [1.29, 1.82) is 10.5 Å². The summed E-state index contributed by atoms with van der Waals surface area (Å²) in [6.45, 7) is 0. The molecular weight excluding hydrogens is 911 g/mol. The van der Waals surface area contributed by atoms with Crippen molar-refractivity contribution in [2.45, 2.75) is 0 Å². The smallest absolute Gasteiger partial charge is 0.164 e. The lowest BCUT2D eigenvalue weighted by molar-refractivity contribution is 0.672. The number of para-hydroxylation sites is 4. The molecule has 0 saturated heterocycles. The van der Waals surface area contributed by atoms with E-state index in [0.717, 1.165) is 121 Å². The molecule has 0 bridgehead atoms. The normalized spacial score (nSPS) is 11.8. The molecule has 0 N–H and O–H groups in total. The van der Waals surface area contributed by atoms with Crippen LogP contribution in [-0.4, -0.2) is 24.1 Å². The molecule has 15 aromatic rings. The Morgan fingerprint density at radius 1 is 0.338 bits per heavy atom. The van der Waals surface area contributed by atoms with Crippen LogP contribution in [0.1, 0.15) is 11.1 Å². The van der Waals surface area contributed by atoms with Gasteiger partial charge in [-0.2, -0.15) is 10.5 Å². The van der Waals surface area contributed by atoms with Crippen LogP contribution < -0.4 is 0 Å². The molecule has 0 fully saturated rings. The first-order valence-corrected chi connectivity index (χ1v) is 24.3. The maximum Gasteiger partial charge on any atom is 0.164 e. The van der Waals surface area contributed by atoms with E-state index in [1.807, 2.05) is 127 Å². The molecule has 342 valence electrons. The first kappa shape index (κ1) is 41.2. The second-order valence-electron chi connectivity index (χ2n) is 18.5. The van der Waals surface area contributed by atoms with E-state index in [1.54, 1.807) is 0 Å². The van der Waals surface area contributed by atoms with Gasteiger partial charge in [-0.1, -0.05) is 121 Å². The Kier molecular flexibility index (Phi) is 8.88. The Bertz CT molecular complexity index is 4950. The number of benzene rings is 10. The maximum atomic E-state index is 11.0. The van der Waals surface area contributed by atoms with Crippen LogP contribution in [-0.2, 0) is 0 Å². The number of aromatic nitrogens is 5. The van der Waals surface area contributed by atoms with Gasteiger partial charge < -0.3 is 18.0 Å². The number of fused-ring (bicyclic) bond motifs is 14. The van der Waals surface area contributed by atoms with E-state index in [0.29, 0.717) is 34.2 Å². The fourth-order valence-electron chi connectivity index (χ4n) is 11.2. The van der Waals surface area contributed by atoms with E-state index in [9.17, 15) is 10.5 Å². The number of nitriles is 2.